The van der Waals surface area contributed by atoms with Crippen LogP contribution >= 0.6 is 0 Å². The smallest absolute Gasteiger partial charge is 0.186 e. The number of aliphatic hydroxyl groups is 6. The Morgan fingerprint density at radius 2 is 1.82 bits per heavy atom. The summed E-state index contributed by atoms with van der Waals surface area (Å²) in [6.45, 7) is 10.4. The number of allylic oxidation sites excluding steroid dienone is 2. The summed E-state index contributed by atoms with van der Waals surface area (Å²) in [4.78, 5) is 0. The molecule has 1 heterocycles. The number of rotatable bonds is 8. The van der Waals surface area contributed by atoms with E-state index in [2.05, 4.69) is 13.5 Å². The van der Waals surface area contributed by atoms with Crippen molar-refractivity contribution in [3.63, 3.8) is 0 Å². The van der Waals surface area contributed by atoms with Crippen molar-refractivity contribution in [3.05, 3.63) is 23.8 Å². The molecule has 196 valence electrons. The summed E-state index contributed by atoms with van der Waals surface area (Å²) in [7, 11) is 0. The Bertz CT molecular complexity index is 738. The molecular formula is C26H44O8. The number of hydrogen-bond acceptors (Lipinski definition) is 8. The first-order chi connectivity index (χ1) is 16.0. The van der Waals surface area contributed by atoms with Crippen molar-refractivity contribution in [1.82, 2.24) is 0 Å². The summed E-state index contributed by atoms with van der Waals surface area (Å²) in [5.74, 6) is 0.429. The Morgan fingerprint density at radius 1 is 1.12 bits per heavy atom. The average molecular weight is 485 g/mol. The fourth-order valence-electron chi connectivity index (χ4n) is 6.81. The third-order valence-electron chi connectivity index (χ3n) is 9.03. The Morgan fingerprint density at radius 3 is 2.47 bits per heavy atom. The number of fused-ring (bicyclic) bond motifs is 1. The Kier molecular flexibility index (Phi) is 9.02. The first-order valence-corrected chi connectivity index (χ1v) is 12.5. The second-order valence-corrected chi connectivity index (χ2v) is 11.1. The molecule has 34 heavy (non-hydrogen) atoms. The van der Waals surface area contributed by atoms with Crippen molar-refractivity contribution in [2.45, 2.75) is 96.1 Å². The highest BCUT2D eigenvalue weighted by molar-refractivity contribution is 5.18. The van der Waals surface area contributed by atoms with Crippen LogP contribution in [0.5, 0.6) is 0 Å². The van der Waals surface area contributed by atoms with Gasteiger partial charge in [0.05, 0.1) is 25.9 Å². The van der Waals surface area contributed by atoms with Crippen molar-refractivity contribution in [3.8, 4) is 0 Å². The molecule has 0 amide bonds. The molecule has 6 N–H and O–H groups in total. The van der Waals surface area contributed by atoms with Crippen LogP contribution in [-0.4, -0.2) is 87.3 Å². The van der Waals surface area contributed by atoms with Crippen molar-refractivity contribution >= 4 is 0 Å². The second-order valence-electron chi connectivity index (χ2n) is 11.1. The summed E-state index contributed by atoms with van der Waals surface area (Å²) in [5, 5.41) is 60.3. The van der Waals surface area contributed by atoms with E-state index in [1.165, 1.54) is 5.57 Å². The van der Waals surface area contributed by atoms with E-state index in [0.29, 0.717) is 6.42 Å². The number of aliphatic hydroxyl groups excluding tert-OH is 6. The molecule has 0 aromatic rings. The van der Waals surface area contributed by atoms with Gasteiger partial charge in [-0.15, -0.1) is 0 Å². The normalized spacial score (nSPS) is 45.8. The maximum absolute atomic E-state index is 11.1. The predicted octanol–water partition coefficient (Wildman–Crippen LogP) is 1.27. The average Bonchev–Trinajstić information content (AvgIpc) is 2.79. The van der Waals surface area contributed by atoms with Crippen LogP contribution < -0.4 is 0 Å². The number of hydrogen-bond donors (Lipinski definition) is 6. The highest BCUT2D eigenvalue weighted by Gasteiger charge is 2.58. The van der Waals surface area contributed by atoms with Gasteiger partial charge in [0.2, 0.25) is 0 Å². The topological polar surface area (TPSA) is 140 Å². The summed E-state index contributed by atoms with van der Waals surface area (Å²) in [6.07, 6.45) is -0.335. The van der Waals surface area contributed by atoms with E-state index in [1.54, 1.807) is 0 Å². The molecule has 1 aliphatic heterocycles. The lowest BCUT2D eigenvalue weighted by Gasteiger charge is -2.60. The molecule has 0 bridgehead atoms. The van der Waals surface area contributed by atoms with Gasteiger partial charge in [-0.25, -0.2) is 0 Å². The van der Waals surface area contributed by atoms with E-state index < -0.39 is 48.8 Å². The molecular weight excluding hydrogens is 440 g/mol. The van der Waals surface area contributed by atoms with Gasteiger partial charge in [-0.2, -0.15) is 0 Å². The lowest BCUT2D eigenvalue weighted by atomic mass is 9.46. The quantitative estimate of drug-likeness (QED) is 0.283. The van der Waals surface area contributed by atoms with Crippen LogP contribution in [0.4, 0.5) is 0 Å². The van der Waals surface area contributed by atoms with Gasteiger partial charge in [0.1, 0.15) is 24.4 Å². The molecule has 3 rings (SSSR count). The summed E-state index contributed by atoms with van der Waals surface area (Å²) >= 11 is 0. The SMILES string of the molecule is C=C1CC[C@@H]2[C@@](C)(CO[C@@H]3O[C@H](CO)[C@H](O)[C@H](O)[C@@H]3O)[C@H](O)CC[C@@]2(C)[C@@H]1CC/C(C)=C/CO. The van der Waals surface area contributed by atoms with Crippen molar-refractivity contribution in [2.75, 3.05) is 19.8 Å². The molecule has 2 saturated carbocycles. The van der Waals surface area contributed by atoms with E-state index in [4.69, 9.17) is 9.47 Å². The van der Waals surface area contributed by atoms with Crippen LogP contribution in [-0.2, 0) is 9.47 Å². The number of ether oxygens (including phenoxy) is 2. The highest BCUT2D eigenvalue weighted by Crippen LogP contribution is 2.62. The molecule has 10 atom stereocenters. The van der Waals surface area contributed by atoms with E-state index >= 15 is 0 Å². The predicted molar refractivity (Wildman–Crippen MR) is 127 cm³/mol. The van der Waals surface area contributed by atoms with Gasteiger partial charge in [0.15, 0.2) is 6.29 Å². The van der Waals surface area contributed by atoms with Gasteiger partial charge in [0, 0.05) is 5.41 Å². The fraction of sp³-hybridized carbons (Fsp3) is 0.846. The third-order valence-corrected chi connectivity index (χ3v) is 9.03. The summed E-state index contributed by atoms with van der Waals surface area (Å²) in [6, 6.07) is 0. The molecule has 0 unspecified atom stereocenters. The lowest BCUT2D eigenvalue weighted by molar-refractivity contribution is -0.313. The summed E-state index contributed by atoms with van der Waals surface area (Å²) < 4.78 is 11.5. The summed E-state index contributed by atoms with van der Waals surface area (Å²) in [5.41, 5.74) is 1.71. The molecule has 2 aliphatic carbocycles. The van der Waals surface area contributed by atoms with Crippen molar-refractivity contribution in [2.24, 2.45) is 22.7 Å². The third kappa shape index (κ3) is 5.15. The zero-order chi connectivity index (χ0) is 25.3. The Labute approximate surface area is 202 Å². The first kappa shape index (κ1) is 27.7. The van der Waals surface area contributed by atoms with Crippen molar-refractivity contribution < 1.29 is 40.1 Å². The molecule has 3 aliphatic rings. The van der Waals surface area contributed by atoms with Crippen LogP contribution in [0.15, 0.2) is 23.8 Å². The molecule has 1 saturated heterocycles. The van der Waals surface area contributed by atoms with Gasteiger partial charge in [-0.3, -0.25) is 0 Å². The Hall–Kier alpha value is -0.840. The molecule has 0 aromatic heterocycles. The van der Waals surface area contributed by atoms with E-state index in [9.17, 15) is 30.6 Å². The second kappa shape index (κ2) is 11.0. The van der Waals surface area contributed by atoms with Crippen LogP contribution in [0, 0.1) is 22.7 Å². The van der Waals surface area contributed by atoms with E-state index in [0.717, 1.165) is 37.7 Å². The standard InChI is InChI=1S/C26H44O8/c1-15(10-12-27)5-7-17-16(2)6-8-19-25(17,3)11-9-20(29)26(19,4)14-33-24-23(32)22(31)21(30)18(13-28)34-24/h10,17-24,27-32H,2,5-9,11-14H2,1,3-4H3/b15-10+/t17-,18-,19+,20-,21+,22+,23+,24-,25+,26-/m1/s1. The van der Waals surface area contributed by atoms with Gasteiger partial charge >= 0.3 is 0 Å². The largest absolute Gasteiger partial charge is 0.394 e. The minimum absolute atomic E-state index is 0.0386. The zero-order valence-electron chi connectivity index (χ0n) is 20.8. The molecule has 8 nitrogen and oxygen atoms in total. The zero-order valence-corrected chi connectivity index (χ0v) is 20.8. The van der Waals surface area contributed by atoms with Crippen molar-refractivity contribution in [1.29, 1.82) is 0 Å². The van der Waals surface area contributed by atoms with Crippen LogP contribution in [0.25, 0.3) is 0 Å². The minimum atomic E-state index is -1.50. The minimum Gasteiger partial charge on any atom is -0.394 e. The maximum Gasteiger partial charge on any atom is 0.186 e. The van der Waals surface area contributed by atoms with Crippen LogP contribution in [0.2, 0.25) is 0 Å². The van der Waals surface area contributed by atoms with Gasteiger partial charge in [-0.1, -0.05) is 37.6 Å². The highest BCUT2D eigenvalue weighted by atomic mass is 16.7. The Balaban J connectivity index is 1.78. The lowest BCUT2D eigenvalue weighted by Crippen LogP contribution is -2.61. The first-order valence-electron chi connectivity index (χ1n) is 12.5. The monoisotopic (exact) mass is 484 g/mol. The van der Waals surface area contributed by atoms with Gasteiger partial charge < -0.3 is 40.1 Å². The van der Waals surface area contributed by atoms with E-state index in [-0.39, 0.29) is 30.5 Å². The molecule has 0 spiro atoms. The molecule has 0 radical (unpaired) electrons. The van der Waals surface area contributed by atoms with E-state index in [1.807, 2.05) is 19.9 Å². The molecule has 3 fully saturated rings. The van der Waals surface area contributed by atoms with Crippen LogP contribution in [0.1, 0.15) is 59.3 Å². The molecule has 0 aromatic carbocycles. The molecule has 8 heteroatoms. The van der Waals surface area contributed by atoms with Gasteiger partial charge in [0.25, 0.3) is 0 Å². The van der Waals surface area contributed by atoms with Gasteiger partial charge in [-0.05, 0) is 62.7 Å². The maximum atomic E-state index is 11.1. The fourth-order valence-corrected chi connectivity index (χ4v) is 6.81. The van der Waals surface area contributed by atoms with Crippen LogP contribution in [0.3, 0.4) is 0 Å².